The first-order valence-corrected chi connectivity index (χ1v) is 6.36. The van der Waals surface area contributed by atoms with Crippen LogP contribution in [0, 0.1) is 5.92 Å². The molecule has 1 aliphatic rings. The Morgan fingerprint density at radius 2 is 2.06 bits per heavy atom. The van der Waals surface area contributed by atoms with Crippen molar-refractivity contribution in [3.63, 3.8) is 0 Å². The molecule has 0 amide bonds. The van der Waals surface area contributed by atoms with Gasteiger partial charge in [-0.1, -0.05) is 12.1 Å². The summed E-state index contributed by atoms with van der Waals surface area (Å²) in [5.41, 5.74) is 0. The molecule has 1 aliphatic heterocycles. The van der Waals surface area contributed by atoms with Crippen LogP contribution in [0.2, 0.25) is 0 Å². The normalized spacial score (nSPS) is 18.8. The van der Waals surface area contributed by atoms with Crippen LogP contribution in [0.1, 0.15) is 19.3 Å². The number of nitrogens with one attached hydrogen (secondary N) is 1. The second kappa shape index (κ2) is 8.22. The first-order chi connectivity index (χ1) is 8.40. The minimum atomic E-state index is 0. The number of benzene rings is 1. The molecule has 1 aromatic carbocycles. The maximum Gasteiger partial charge on any atom is 0.161 e. The molecule has 3 nitrogen and oxygen atoms in total. The second-order valence-electron chi connectivity index (χ2n) is 4.50. The van der Waals surface area contributed by atoms with Gasteiger partial charge in [-0.05, 0) is 50.4 Å². The van der Waals surface area contributed by atoms with Crippen molar-refractivity contribution in [2.75, 3.05) is 26.8 Å². The number of piperidine rings is 1. The summed E-state index contributed by atoms with van der Waals surface area (Å²) >= 11 is 0. The van der Waals surface area contributed by atoms with Gasteiger partial charge in [0.2, 0.25) is 0 Å². The zero-order chi connectivity index (χ0) is 11.9. The van der Waals surface area contributed by atoms with Gasteiger partial charge < -0.3 is 14.8 Å². The Bertz CT molecular complexity index is 340. The predicted octanol–water partition coefficient (Wildman–Crippen LogP) is 2.89. The molecule has 0 radical (unpaired) electrons. The molecule has 0 spiro atoms. The molecule has 1 unspecified atom stereocenters. The van der Waals surface area contributed by atoms with Gasteiger partial charge >= 0.3 is 0 Å². The smallest absolute Gasteiger partial charge is 0.161 e. The first kappa shape index (κ1) is 15.1. The lowest BCUT2D eigenvalue weighted by Crippen LogP contribution is -2.30. The monoisotopic (exact) mass is 271 g/mol. The third kappa shape index (κ3) is 4.39. The van der Waals surface area contributed by atoms with Gasteiger partial charge in [-0.25, -0.2) is 0 Å². The zero-order valence-corrected chi connectivity index (χ0v) is 11.7. The highest BCUT2D eigenvalue weighted by molar-refractivity contribution is 5.85. The molecule has 1 atom stereocenters. The molecule has 102 valence electrons. The van der Waals surface area contributed by atoms with Crippen LogP contribution in [0.5, 0.6) is 11.5 Å². The van der Waals surface area contributed by atoms with Crippen molar-refractivity contribution in [1.29, 1.82) is 0 Å². The largest absolute Gasteiger partial charge is 0.493 e. The van der Waals surface area contributed by atoms with Crippen LogP contribution in [-0.2, 0) is 0 Å². The van der Waals surface area contributed by atoms with Crippen molar-refractivity contribution in [1.82, 2.24) is 5.32 Å². The summed E-state index contributed by atoms with van der Waals surface area (Å²) in [6.07, 6.45) is 3.73. The third-order valence-corrected chi connectivity index (χ3v) is 3.25. The number of rotatable bonds is 5. The fourth-order valence-electron chi connectivity index (χ4n) is 2.24. The van der Waals surface area contributed by atoms with Crippen LogP contribution in [0.15, 0.2) is 24.3 Å². The molecule has 1 N–H and O–H groups in total. The standard InChI is InChI=1S/C14H21NO2.ClH/c1-16-13-6-2-3-7-14(13)17-10-8-12-5-4-9-15-11-12;/h2-3,6-7,12,15H,4-5,8-11H2,1H3;1H. The van der Waals surface area contributed by atoms with Crippen molar-refractivity contribution in [3.05, 3.63) is 24.3 Å². The fourth-order valence-corrected chi connectivity index (χ4v) is 2.24. The summed E-state index contributed by atoms with van der Waals surface area (Å²) in [5, 5.41) is 3.43. The Balaban J connectivity index is 0.00000162. The molecule has 1 aromatic rings. The van der Waals surface area contributed by atoms with Crippen LogP contribution in [0.4, 0.5) is 0 Å². The SMILES string of the molecule is COc1ccccc1OCCC1CCCNC1.Cl. The Labute approximate surface area is 115 Å². The third-order valence-electron chi connectivity index (χ3n) is 3.25. The minimum absolute atomic E-state index is 0. The van der Waals surface area contributed by atoms with Gasteiger partial charge in [0.15, 0.2) is 11.5 Å². The van der Waals surface area contributed by atoms with Crippen molar-refractivity contribution in [2.45, 2.75) is 19.3 Å². The van der Waals surface area contributed by atoms with E-state index in [9.17, 15) is 0 Å². The summed E-state index contributed by atoms with van der Waals surface area (Å²) in [6, 6.07) is 7.81. The van der Waals surface area contributed by atoms with Crippen molar-refractivity contribution in [2.24, 2.45) is 5.92 Å². The van der Waals surface area contributed by atoms with E-state index in [0.717, 1.165) is 37.0 Å². The number of hydrogen-bond acceptors (Lipinski definition) is 3. The number of methoxy groups -OCH3 is 1. The zero-order valence-electron chi connectivity index (χ0n) is 10.9. The van der Waals surface area contributed by atoms with Crippen molar-refractivity contribution in [3.8, 4) is 11.5 Å². The summed E-state index contributed by atoms with van der Waals surface area (Å²) < 4.78 is 11.0. The number of halogens is 1. The van der Waals surface area contributed by atoms with Gasteiger partial charge in [0.1, 0.15) is 0 Å². The van der Waals surface area contributed by atoms with Gasteiger partial charge in [-0.3, -0.25) is 0 Å². The molecule has 18 heavy (non-hydrogen) atoms. The summed E-state index contributed by atoms with van der Waals surface area (Å²) in [5.74, 6) is 2.42. The molecular formula is C14H22ClNO2. The quantitative estimate of drug-likeness (QED) is 0.893. The van der Waals surface area contributed by atoms with E-state index in [-0.39, 0.29) is 12.4 Å². The average molecular weight is 272 g/mol. The summed E-state index contributed by atoms with van der Waals surface area (Å²) in [4.78, 5) is 0. The fraction of sp³-hybridized carbons (Fsp3) is 0.571. The van der Waals surface area contributed by atoms with E-state index in [4.69, 9.17) is 9.47 Å². The van der Waals surface area contributed by atoms with Gasteiger partial charge in [-0.2, -0.15) is 0 Å². The van der Waals surface area contributed by atoms with Crippen LogP contribution >= 0.6 is 12.4 Å². The maximum absolute atomic E-state index is 5.78. The van der Waals surface area contributed by atoms with Crippen LogP contribution in [0.3, 0.4) is 0 Å². The molecule has 0 saturated carbocycles. The minimum Gasteiger partial charge on any atom is -0.493 e. The van der Waals surface area contributed by atoms with Crippen LogP contribution in [0.25, 0.3) is 0 Å². The highest BCUT2D eigenvalue weighted by atomic mass is 35.5. The van der Waals surface area contributed by atoms with E-state index in [0.29, 0.717) is 0 Å². The van der Waals surface area contributed by atoms with Crippen LogP contribution in [-0.4, -0.2) is 26.8 Å². The van der Waals surface area contributed by atoms with Crippen molar-refractivity contribution < 1.29 is 9.47 Å². The van der Waals surface area contributed by atoms with Gasteiger partial charge in [0.05, 0.1) is 13.7 Å². The lowest BCUT2D eigenvalue weighted by molar-refractivity contribution is 0.245. The lowest BCUT2D eigenvalue weighted by Gasteiger charge is -2.22. The number of para-hydroxylation sites is 2. The highest BCUT2D eigenvalue weighted by Gasteiger charge is 2.13. The Hall–Kier alpha value is -0.930. The molecule has 4 heteroatoms. The predicted molar refractivity (Wildman–Crippen MR) is 75.9 cm³/mol. The van der Waals surface area contributed by atoms with E-state index in [1.165, 1.54) is 19.4 Å². The molecule has 1 heterocycles. The van der Waals surface area contributed by atoms with E-state index >= 15 is 0 Å². The van der Waals surface area contributed by atoms with Gasteiger partial charge in [0.25, 0.3) is 0 Å². The maximum atomic E-state index is 5.78. The Morgan fingerprint density at radius 3 is 2.72 bits per heavy atom. The number of hydrogen-bond donors (Lipinski definition) is 1. The molecule has 0 aromatic heterocycles. The lowest BCUT2D eigenvalue weighted by atomic mass is 9.97. The second-order valence-corrected chi connectivity index (χ2v) is 4.50. The molecular weight excluding hydrogens is 250 g/mol. The molecule has 0 aliphatic carbocycles. The summed E-state index contributed by atoms with van der Waals surface area (Å²) in [7, 11) is 1.67. The molecule has 1 fully saturated rings. The number of ether oxygens (including phenoxy) is 2. The van der Waals surface area contributed by atoms with E-state index in [1.807, 2.05) is 24.3 Å². The van der Waals surface area contributed by atoms with Gasteiger partial charge in [0, 0.05) is 0 Å². The van der Waals surface area contributed by atoms with Crippen molar-refractivity contribution >= 4 is 12.4 Å². The Morgan fingerprint density at radius 1 is 1.28 bits per heavy atom. The highest BCUT2D eigenvalue weighted by Crippen LogP contribution is 2.26. The van der Waals surface area contributed by atoms with Crippen LogP contribution < -0.4 is 14.8 Å². The molecule has 1 saturated heterocycles. The van der Waals surface area contributed by atoms with Gasteiger partial charge in [-0.15, -0.1) is 12.4 Å². The summed E-state index contributed by atoms with van der Waals surface area (Å²) in [6.45, 7) is 3.08. The topological polar surface area (TPSA) is 30.5 Å². The van der Waals surface area contributed by atoms with E-state index in [2.05, 4.69) is 5.32 Å². The first-order valence-electron chi connectivity index (χ1n) is 6.36. The molecule has 0 bridgehead atoms. The Kier molecular flexibility index (Phi) is 6.91. The van der Waals surface area contributed by atoms with E-state index < -0.39 is 0 Å². The molecule has 2 rings (SSSR count). The van der Waals surface area contributed by atoms with E-state index in [1.54, 1.807) is 7.11 Å². The average Bonchev–Trinajstić information content (AvgIpc) is 2.40.